The summed E-state index contributed by atoms with van der Waals surface area (Å²) in [5.41, 5.74) is -1.90. The van der Waals surface area contributed by atoms with Crippen molar-refractivity contribution in [1.29, 1.82) is 0 Å². The molecule has 0 unspecified atom stereocenters. The number of rotatable bonds is 4. The van der Waals surface area contributed by atoms with Crippen LogP contribution in [0, 0.1) is 13.7 Å². The van der Waals surface area contributed by atoms with E-state index in [2.05, 4.69) is 10.3 Å². The Morgan fingerprint density at radius 3 is 2.64 bits per heavy atom. The number of nitrogens with zero attached hydrogens (tertiary/aromatic N) is 2. The van der Waals surface area contributed by atoms with Crippen molar-refractivity contribution < 1.29 is 18.1 Å². The lowest BCUT2D eigenvalue weighted by Crippen LogP contribution is -2.12. The zero-order valence-corrected chi connectivity index (χ0v) is 14.2. The Labute approximate surface area is 144 Å². The maximum absolute atomic E-state index is 13.1. The summed E-state index contributed by atoms with van der Waals surface area (Å²) in [4.78, 5) is 14.3. The van der Waals surface area contributed by atoms with Gasteiger partial charge in [-0.05, 0) is 22.6 Å². The highest BCUT2D eigenvalue weighted by atomic mass is 127. The second-order valence-corrected chi connectivity index (χ2v) is 6.90. The van der Waals surface area contributed by atoms with Crippen LogP contribution >= 0.6 is 45.5 Å². The van der Waals surface area contributed by atoms with Crippen LogP contribution in [0.4, 0.5) is 24.5 Å². The first-order valence-electron chi connectivity index (χ1n) is 5.57. The highest BCUT2D eigenvalue weighted by molar-refractivity contribution is 14.1. The Morgan fingerprint density at radius 1 is 1.45 bits per heavy atom. The van der Waals surface area contributed by atoms with Gasteiger partial charge in [-0.1, -0.05) is 11.6 Å². The molecule has 2 rings (SSSR count). The van der Waals surface area contributed by atoms with Gasteiger partial charge < -0.3 is 5.32 Å². The fraction of sp³-hybridized carbons (Fsp3) is 0.182. The molecule has 5 nitrogen and oxygen atoms in total. The van der Waals surface area contributed by atoms with E-state index in [4.69, 9.17) is 11.6 Å². The number of halogens is 5. The van der Waals surface area contributed by atoms with Crippen molar-refractivity contribution in [1.82, 2.24) is 4.98 Å². The average Bonchev–Trinajstić information content (AvgIpc) is 2.81. The third kappa shape index (κ3) is 3.98. The van der Waals surface area contributed by atoms with Crippen LogP contribution in [0.1, 0.15) is 10.4 Å². The van der Waals surface area contributed by atoms with Crippen LogP contribution in [0.3, 0.4) is 0 Å². The van der Waals surface area contributed by atoms with Crippen LogP contribution in [-0.4, -0.2) is 9.91 Å². The van der Waals surface area contributed by atoms with Gasteiger partial charge in [0.2, 0.25) is 0 Å². The fourth-order valence-electron chi connectivity index (χ4n) is 1.64. The van der Waals surface area contributed by atoms with E-state index in [1.54, 1.807) is 22.6 Å². The molecule has 0 fully saturated rings. The molecule has 0 aliphatic rings. The predicted molar refractivity (Wildman–Crippen MR) is 85.3 cm³/mol. The smallest absolute Gasteiger partial charge is 0.379 e. The van der Waals surface area contributed by atoms with Gasteiger partial charge in [-0.15, -0.1) is 11.3 Å². The van der Waals surface area contributed by atoms with E-state index >= 15 is 0 Å². The third-order valence-electron chi connectivity index (χ3n) is 2.56. The molecule has 1 aromatic heterocycles. The largest absolute Gasteiger partial charge is 0.418 e. The maximum atomic E-state index is 13.1. The highest BCUT2D eigenvalue weighted by Gasteiger charge is 2.36. The monoisotopic (exact) mass is 463 g/mol. The molecule has 0 bridgehead atoms. The summed E-state index contributed by atoms with van der Waals surface area (Å²) in [7, 11) is 0. The zero-order valence-electron chi connectivity index (χ0n) is 10.4. The standard InChI is InChI=1S/C11H6ClF3IN3O2S/c12-10-18-4-6(22-10)3-17-9-7(11(13,14)15)1-5(19(20)21)2-8(9)16/h1-2,4,17H,3H2. The molecule has 11 heteroatoms. The fourth-order valence-corrected chi connectivity index (χ4v) is 3.36. The second-order valence-electron chi connectivity index (χ2n) is 4.04. The van der Waals surface area contributed by atoms with Gasteiger partial charge in [0, 0.05) is 26.8 Å². The van der Waals surface area contributed by atoms with Crippen LogP contribution in [0.25, 0.3) is 0 Å². The molecule has 1 aromatic carbocycles. The Bertz CT molecular complexity index is 723. The number of benzene rings is 1. The molecule has 118 valence electrons. The number of nitro benzene ring substituents is 1. The summed E-state index contributed by atoms with van der Waals surface area (Å²) < 4.78 is 39.7. The van der Waals surface area contributed by atoms with E-state index in [0.29, 0.717) is 10.9 Å². The molecular formula is C11H6ClF3IN3O2S. The summed E-state index contributed by atoms with van der Waals surface area (Å²) in [6, 6.07) is 1.60. The lowest BCUT2D eigenvalue weighted by atomic mass is 10.1. The van der Waals surface area contributed by atoms with Gasteiger partial charge in [0.25, 0.3) is 5.69 Å². The Hall–Kier alpha value is -1.14. The summed E-state index contributed by atoms with van der Waals surface area (Å²) >= 11 is 8.42. The summed E-state index contributed by atoms with van der Waals surface area (Å²) in [5, 5.41) is 13.4. The number of aromatic nitrogens is 1. The van der Waals surface area contributed by atoms with E-state index in [-0.39, 0.29) is 20.3 Å². The minimum atomic E-state index is -4.71. The molecule has 0 spiro atoms. The van der Waals surface area contributed by atoms with E-state index < -0.39 is 22.4 Å². The Kier molecular flexibility index (Phi) is 5.12. The van der Waals surface area contributed by atoms with Crippen molar-refractivity contribution in [2.75, 3.05) is 5.32 Å². The molecule has 0 atom stereocenters. The molecule has 0 radical (unpaired) electrons. The summed E-state index contributed by atoms with van der Waals surface area (Å²) in [6.07, 6.45) is -3.26. The number of alkyl halides is 3. The second kappa shape index (κ2) is 6.54. The molecule has 0 saturated carbocycles. The minimum absolute atomic E-state index is 0.0846. The average molecular weight is 464 g/mol. The highest BCUT2D eigenvalue weighted by Crippen LogP contribution is 2.40. The van der Waals surface area contributed by atoms with E-state index in [1.165, 1.54) is 6.20 Å². The first-order chi connectivity index (χ1) is 10.2. The first kappa shape index (κ1) is 17.2. The molecular weight excluding hydrogens is 458 g/mol. The lowest BCUT2D eigenvalue weighted by molar-refractivity contribution is -0.385. The van der Waals surface area contributed by atoms with Crippen molar-refractivity contribution in [3.63, 3.8) is 0 Å². The first-order valence-corrected chi connectivity index (χ1v) is 7.85. The molecule has 2 aromatic rings. The number of anilines is 1. The van der Waals surface area contributed by atoms with Gasteiger partial charge in [0.1, 0.15) is 0 Å². The van der Waals surface area contributed by atoms with Crippen LogP contribution < -0.4 is 5.32 Å². The molecule has 1 N–H and O–H groups in total. The summed E-state index contributed by atoms with van der Waals surface area (Å²) in [6.45, 7) is 0.0846. The van der Waals surface area contributed by atoms with Crippen molar-refractivity contribution in [2.45, 2.75) is 12.7 Å². The van der Waals surface area contributed by atoms with Gasteiger partial charge in [0.15, 0.2) is 4.47 Å². The quantitative estimate of drug-likeness (QED) is 0.396. The van der Waals surface area contributed by atoms with Crippen LogP contribution in [0.15, 0.2) is 18.3 Å². The van der Waals surface area contributed by atoms with Crippen molar-refractivity contribution in [3.05, 3.63) is 46.9 Å². The molecule has 0 amide bonds. The van der Waals surface area contributed by atoms with Gasteiger partial charge in [-0.3, -0.25) is 10.1 Å². The van der Waals surface area contributed by atoms with Gasteiger partial charge in [0.05, 0.1) is 22.7 Å². The lowest BCUT2D eigenvalue weighted by Gasteiger charge is -2.15. The number of hydrogen-bond donors (Lipinski definition) is 1. The third-order valence-corrected chi connectivity index (χ3v) is 4.52. The van der Waals surface area contributed by atoms with Crippen molar-refractivity contribution in [3.8, 4) is 0 Å². The SMILES string of the molecule is O=[N+]([O-])c1cc(I)c(NCc2cnc(Cl)s2)c(C(F)(F)F)c1. The number of non-ortho nitro benzene ring substituents is 1. The molecule has 22 heavy (non-hydrogen) atoms. The van der Waals surface area contributed by atoms with Crippen molar-refractivity contribution in [2.24, 2.45) is 0 Å². The number of nitro groups is 1. The van der Waals surface area contributed by atoms with Crippen molar-refractivity contribution >= 4 is 56.9 Å². The molecule has 0 saturated heterocycles. The van der Waals surface area contributed by atoms with Crippen LogP contribution in [0.2, 0.25) is 4.47 Å². The number of thiazole rings is 1. The maximum Gasteiger partial charge on any atom is 0.418 e. The molecule has 1 heterocycles. The molecule has 0 aliphatic carbocycles. The van der Waals surface area contributed by atoms with E-state index in [0.717, 1.165) is 17.4 Å². The van der Waals surface area contributed by atoms with E-state index in [9.17, 15) is 23.3 Å². The Balaban J connectivity index is 2.38. The summed E-state index contributed by atoms with van der Waals surface area (Å²) in [5.74, 6) is 0. The van der Waals surface area contributed by atoms with E-state index in [1.807, 2.05) is 0 Å². The normalized spacial score (nSPS) is 11.5. The Morgan fingerprint density at radius 2 is 2.14 bits per heavy atom. The zero-order chi connectivity index (χ0) is 16.5. The molecule has 0 aliphatic heterocycles. The topological polar surface area (TPSA) is 68.1 Å². The predicted octanol–water partition coefficient (Wildman–Crippen LogP) is 4.94. The number of hydrogen-bond acceptors (Lipinski definition) is 5. The van der Waals surface area contributed by atoms with Gasteiger partial charge in [-0.2, -0.15) is 13.2 Å². The van der Waals surface area contributed by atoms with Crippen LogP contribution in [0.5, 0.6) is 0 Å². The van der Waals surface area contributed by atoms with Gasteiger partial charge >= 0.3 is 6.18 Å². The minimum Gasteiger partial charge on any atom is -0.379 e. The van der Waals surface area contributed by atoms with Gasteiger partial charge in [-0.25, -0.2) is 4.98 Å². The van der Waals surface area contributed by atoms with Crippen LogP contribution in [-0.2, 0) is 12.7 Å². The number of nitrogens with one attached hydrogen (secondary N) is 1.